The summed E-state index contributed by atoms with van der Waals surface area (Å²) in [5, 5.41) is 0. The van der Waals surface area contributed by atoms with Crippen LogP contribution < -0.4 is 14.2 Å². The van der Waals surface area contributed by atoms with E-state index in [-0.39, 0.29) is 17.7 Å². The van der Waals surface area contributed by atoms with E-state index in [2.05, 4.69) is 9.71 Å². The van der Waals surface area contributed by atoms with Gasteiger partial charge in [-0.25, -0.2) is 8.42 Å². The minimum atomic E-state index is -3.52. The number of nitrogens with one attached hydrogen (secondary N) is 1. The maximum absolute atomic E-state index is 12.1. The predicted octanol–water partition coefficient (Wildman–Crippen LogP) is 2.21. The third kappa shape index (κ3) is 2.33. The maximum atomic E-state index is 12.1. The second-order valence-corrected chi connectivity index (χ2v) is 7.02. The molecule has 2 aromatic carbocycles. The van der Waals surface area contributed by atoms with Crippen molar-refractivity contribution in [3.05, 3.63) is 53.6 Å². The van der Waals surface area contributed by atoms with Crippen LogP contribution in [0.5, 0.6) is 11.5 Å². The minimum Gasteiger partial charge on any atom is -0.454 e. The number of aliphatic imine (C=N–C) groups is 1. The van der Waals surface area contributed by atoms with Gasteiger partial charge < -0.3 is 9.47 Å². The molecule has 0 radical (unpaired) electrons. The Morgan fingerprint density at radius 2 is 1.91 bits per heavy atom. The van der Waals surface area contributed by atoms with E-state index in [4.69, 9.17) is 9.47 Å². The second-order valence-electron chi connectivity index (χ2n) is 5.37. The maximum Gasteiger partial charge on any atom is 0.263 e. The van der Waals surface area contributed by atoms with Crippen LogP contribution in [0.1, 0.15) is 24.1 Å². The number of sulfonamides is 1. The molecule has 0 bridgehead atoms. The highest BCUT2D eigenvalue weighted by Gasteiger charge is 2.30. The average molecular weight is 330 g/mol. The summed E-state index contributed by atoms with van der Waals surface area (Å²) in [5.74, 6) is 1.76. The van der Waals surface area contributed by atoms with Crippen molar-refractivity contribution >= 4 is 15.9 Å². The molecule has 2 aliphatic rings. The molecule has 0 saturated carbocycles. The molecule has 0 saturated heterocycles. The number of benzene rings is 2. The summed E-state index contributed by atoms with van der Waals surface area (Å²) < 4.78 is 37.4. The summed E-state index contributed by atoms with van der Waals surface area (Å²) in [6.45, 7) is 2.12. The van der Waals surface area contributed by atoms with Crippen molar-refractivity contribution in [1.29, 1.82) is 0 Å². The smallest absolute Gasteiger partial charge is 0.263 e. The van der Waals surface area contributed by atoms with Crippen LogP contribution in [0, 0.1) is 0 Å². The first kappa shape index (κ1) is 14.1. The lowest BCUT2D eigenvalue weighted by molar-refractivity contribution is 0.174. The molecular weight excluding hydrogens is 316 g/mol. The molecule has 1 atom stereocenters. The van der Waals surface area contributed by atoms with E-state index in [0.717, 1.165) is 5.56 Å². The van der Waals surface area contributed by atoms with Gasteiger partial charge in [-0.1, -0.05) is 18.2 Å². The topological polar surface area (TPSA) is 77.0 Å². The molecular formula is C16H14N2O4S. The Labute approximate surface area is 133 Å². The zero-order valence-electron chi connectivity index (χ0n) is 12.3. The highest BCUT2D eigenvalue weighted by Crippen LogP contribution is 2.35. The van der Waals surface area contributed by atoms with Gasteiger partial charge in [0.25, 0.3) is 10.0 Å². The van der Waals surface area contributed by atoms with Crippen molar-refractivity contribution in [2.75, 3.05) is 6.79 Å². The summed E-state index contributed by atoms with van der Waals surface area (Å²) in [6, 6.07) is 12.2. The molecule has 4 rings (SSSR count). The molecule has 2 aromatic rings. The summed E-state index contributed by atoms with van der Waals surface area (Å²) in [4.78, 5) is 4.80. The van der Waals surface area contributed by atoms with Gasteiger partial charge in [0.1, 0.15) is 5.84 Å². The molecule has 2 heterocycles. The van der Waals surface area contributed by atoms with Gasteiger partial charge in [0.2, 0.25) is 6.79 Å². The zero-order valence-corrected chi connectivity index (χ0v) is 13.1. The van der Waals surface area contributed by atoms with E-state index in [1.807, 2.05) is 25.1 Å². The summed E-state index contributed by atoms with van der Waals surface area (Å²) in [6.07, 6.45) is 0. The number of hydrogen-bond acceptors (Lipinski definition) is 5. The predicted molar refractivity (Wildman–Crippen MR) is 84.3 cm³/mol. The van der Waals surface area contributed by atoms with Gasteiger partial charge in [0.05, 0.1) is 10.9 Å². The third-order valence-corrected chi connectivity index (χ3v) is 5.26. The highest BCUT2D eigenvalue weighted by atomic mass is 32.2. The van der Waals surface area contributed by atoms with Crippen LogP contribution in [-0.4, -0.2) is 21.0 Å². The molecule has 0 aromatic heterocycles. The molecule has 2 aliphatic heterocycles. The standard InChI is InChI=1S/C16H14N2O4S/c1-10(11-6-7-13-14(8-11)22-9-21-13)17-16-12-4-2-3-5-15(12)23(19,20)18-16/h2-8,10H,9H2,1H3,(H,17,18)/t10-/m1/s1. The van der Waals surface area contributed by atoms with Crippen LogP contribution in [0.2, 0.25) is 0 Å². The number of nitrogens with zero attached hydrogens (tertiary/aromatic N) is 1. The van der Waals surface area contributed by atoms with Crippen molar-refractivity contribution in [3.63, 3.8) is 0 Å². The fraction of sp³-hybridized carbons (Fsp3) is 0.188. The Morgan fingerprint density at radius 1 is 1.13 bits per heavy atom. The summed E-state index contributed by atoms with van der Waals surface area (Å²) in [5.41, 5.74) is 1.52. The molecule has 118 valence electrons. The van der Waals surface area contributed by atoms with E-state index >= 15 is 0 Å². The van der Waals surface area contributed by atoms with Crippen molar-refractivity contribution in [1.82, 2.24) is 4.72 Å². The lowest BCUT2D eigenvalue weighted by atomic mass is 10.1. The van der Waals surface area contributed by atoms with Gasteiger partial charge in [0, 0.05) is 5.56 Å². The van der Waals surface area contributed by atoms with Crippen LogP contribution in [-0.2, 0) is 10.0 Å². The SMILES string of the molecule is C[C@@H](N=C1NS(=O)(=O)c2ccccc21)c1ccc2c(c1)OCO2. The highest BCUT2D eigenvalue weighted by molar-refractivity contribution is 7.90. The molecule has 23 heavy (non-hydrogen) atoms. The van der Waals surface area contributed by atoms with Crippen LogP contribution in [0.25, 0.3) is 0 Å². The normalized spacial score (nSPS) is 20.1. The molecule has 1 N–H and O–H groups in total. The van der Waals surface area contributed by atoms with Crippen LogP contribution in [0.4, 0.5) is 0 Å². The number of hydrogen-bond donors (Lipinski definition) is 1. The van der Waals surface area contributed by atoms with E-state index in [1.165, 1.54) is 0 Å². The third-order valence-electron chi connectivity index (χ3n) is 3.86. The largest absolute Gasteiger partial charge is 0.454 e. The van der Waals surface area contributed by atoms with E-state index in [0.29, 0.717) is 22.9 Å². The van der Waals surface area contributed by atoms with Crippen LogP contribution in [0.3, 0.4) is 0 Å². The first-order valence-electron chi connectivity index (χ1n) is 7.14. The Balaban J connectivity index is 1.71. The fourth-order valence-corrected chi connectivity index (χ4v) is 3.91. The van der Waals surface area contributed by atoms with E-state index < -0.39 is 10.0 Å². The lowest BCUT2D eigenvalue weighted by Crippen LogP contribution is -2.22. The van der Waals surface area contributed by atoms with E-state index in [9.17, 15) is 8.42 Å². The fourth-order valence-electron chi connectivity index (χ4n) is 2.67. The van der Waals surface area contributed by atoms with Crippen molar-refractivity contribution in [3.8, 4) is 11.5 Å². The first-order chi connectivity index (χ1) is 11.0. The summed E-state index contributed by atoms with van der Waals surface area (Å²) >= 11 is 0. The van der Waals surface area contributed by atoms with Gasteiger partial charge >= 0.3 is 0 Å². The van der Waals surface area contributed by atoms with Crippen molar-refractivity contribution in [2.45, 2.75) is 17.9 Å². The first-order valence-corrected chi connectivity index (χ1v) is 8.62. The van der Waals surface area contributed by atoms with Gasteiger partial charge in [-0.2, -0.15) is 0 Å². The number of rotatable bonds is 2. The molecule has 0 spiro atoms. The van der Waals surface area contributed by atoms with Crippen molar-refractivity contribution in [2.24, 2.45) is 4.99 Å². The Bertz CT molecular complexity index is 921. The van der Waals surface area contributed by atoms with Gasteiger partial charge in [-0.3, -0.25) is 9.71 Å². The summed E-state index contributed by atoms with van der Waals surface area (Å²) in [7, 11) is -3.52. The average Bonchev–Trinajstić information content (AvgIpc) is 3.10. The second kappa shape index (κ2) is 4.99. The zero-order chi connectivity index (χ0) is 16.0. The lowest BCUT2D eigenvalue weighted by Gasteiger charge is -2.09. The minimum absolute atomic E-state index is 0.217. The Kier molecular flexibility index (Phi) is 3.05. The molecule has 0 fully saturated rings. The number of amidine groups is 1. The van der Waals surface area contributed by atoms with Crippen LogP contribution >= 0.6 is 0 Å². The number of ether oxygens (including phenoxy) is 2. The quantitative estimate of drug-likeness (QED) is 0.916. The van der Waals surface area contributed by atoms with E-state index in [1.54, 1.807) is 24.3 Å². The molecule has 0 aliphatic carbocycles. The monoisotopic (exact) mass is 330 g/mol. The Morgan fingerprint density at radius 3 is 2.78 bits per heavy atom. The number of fused-ring (bicyclic) bond motifs is 2. The van der Waals surface area contributed by atoms with Gasteiger partial charge in [-0.15, -0.1) is 0 Å². The Hall–Kier alpha value is -2.54. The van der Waals surface area contributed by atoms with Gasteiger partial charge in [0.15, 0.2) is 11.5 Å². The molecule has 0 unspecified atom stereocenters. The molecule has 0 amide bonds. The molecule has 7 heteroatoms. The van der Waals surface area contributed by atoms with Crippen LogP contribution in [0.15, 0.2) is 52.4 Å². The molecule has 6 nitrogen and oxygen atoms in total. The van der Waals surface area contributed by atoms with Crippen molar-refractivity contribution < 1.29 is 17.9 Å². The van der Waals surface area contributed by atoms with Gasteiger partial charge in [-0.05, 0) is 36.8 Å².